The molecule has 3 unspecified atom stereocenters. The van der Waals surface area contributed by atoms with Crippen LogP contribution in [0.2, 0.25) is 0 Å². The molecule has 0 N–H and O–H groups in total. The Kier molecular flexibility index (Phi) is 3.56. The van der Waals surface area contributed by atoms with E-state index >= 15 is 0 Å². The van der Waals surface area contributed by atoms with E-state index in [1.54, 1.807) is 0 Å². The SMILES string of the molecule is O=C1C=CN2C3CCCCC3CCC2(Cc2ccccc2)C1. The summed E-state index contributed by atoms with van der Waals surface area (Å²) in [6.45, 7) is 0. The van der Waals surface area contributed by atoms with E-state index in [1.165, 1.54) is 44.1 Å². The average Bonchev–Trinajstić information content (AvgIpc) is 2.55. The first-order valence-corrected chi connectivity index (χ1v) is 8.80. The first kappa shape index (κ1) is 14.0. The summed E-state index contributed by atoms with van der Waals surface area (Å²) in [5.74, 6) is 1.15. The van der Waals surface area contributed by atoms with Gasteiger partial charge in [-0.3, -0.25) is 4.79 Å². The lowest BCUT2D eigenvalue weighted by atomic mass is 9.67. The Bertz CT molecular complexity index is 579. The van der Waals surface area contributed by atoms with E-state index in [0.29, 0.717) is 18.2 Å². The highest BCUT2D eigenvalue weighted by atomic mass is 16.1. The first-order valence-electron chi connectivity index (χ1n) is 8.80. The van der Waals surface area contributed by atoms with Gasteiger partial charge in [-0.15, -0.1) is 0 Å². The number of ketones is 1. The smallest absolute Gasteiger partial charge is 0.159 e. The number of nitrogens with zero attached hydrogens (tertiary/aromatic N) is 1. The highest BCUT2D eigenvalue weighted by Crippen LogP contribution is 2.46. The maximum Gasteiger partial charge on any atom is 0.159 e. The third kappa shape index (κ3) is 2.39. The van der Waals surface area contributed by atoms with Crippen LogP contribution in [0.5, 0.6) is 0 Å². The van der Waals surface area contributed by atoms with Gasteiger partial charge in [0.1, 0.15) is 0 Å². The topological polar surface area (TPSA) is 20.3 Å². The molecule has 0 spiro atoms. The van der Waals surface area contributed by atoms with Gasteiger partial charge < -0.3 is 4.90 Å². The molecule has 0 bridgehead atoms. The zero-order chi connectivity index (χ0) is 15.0. The normalized spacial score (nSPS) is 34.2. The van der Waals surface area contributed by atoms with Crippen LogP contribution in [-0.2, 0) is 11.2 Å². The van der Waals surface area contributed by atoms with Crippen molar-refractivity contribution < 1.29 is 4.79 Å². The Labute approximate surface area is 133 Å². The third-order valence-corrected chi connectivity index (χ3v) is 6.05. The number of fused-ring (bicyclic) bond motifs is 3. The van der Waals surface area contributed by atoms with Crippen LogP contribution in [0.1, 0.15) is 50.5 Å². The molecule has 2 heterocycles. The number of piperidine rings is 1. The Hall–Kier alpha value is -1.57. The quantitative estimate of drug-likeness (QED) is 0.818. The molecule has 22 heavy (non-hydrogen) atoms. The predicted octanol–water partition coefficient (Wildman–Crippen LogP) is 4.11. The number of hydrogen-bond acceptors (Lipinski definition) is 2. The van der Waals surface area contributed by atoms with E-state index in [-0.39, 0.29) is 5.54 Å². The van der Waals surface area contributed by atoms with Crippen LogP contribution in [0.3, 0.4) is 0 Å². The molecule has 1 aromatic carbocycles. The number of benzene rings is 1. The highest BCUT2D eigenvalue weighted by molar-refractivity contribution is 5.91. The number of hydrogen-bond donors (Lipinski definition) is 0. The summed E-state index contributed by atoms with van der Waals surface area (Å²) in [5.41, 5.74) is 1.40. The van der Waals surface area contributed by atoms with Crippen LogP contribution in [-0.4, -0.2) is 22.3 Å². The molecular weight excluding hydrogens is 270 g/mol. The van der Waals surface area contributed by atoms with Gasteiger partial charge in [0.05, 0.1) is 5.54 Å². The minimum atomic E-state index is 0.0334. The van der Waals surface area contributed by atoms with Crippen LogP contribution in [0, 0.1) is 5.92 Å². The maximum absolute atomic E-state index is 12.2. The van der Waals surface area contributed by atoms with Crippen molar-refractivity contribution in [3.05, 3.63) is 48.2 Å². The fourth-order valence-electron chi connectivity index (χ4n) is 5.04. The second-order valence-corrected chi connectivity index (χ2v) is 7.40. The molecule has 1 saturated heterocycles. The number of carbonyl (C=O) groups is 1. The largest absolute Gasteiger partial charge is 0.368 e. The van der Waals surface area contributed by atoms with Crippen molar-refractivity contribution in [2.75, 3.05) is 0 Å². The zero-order valence-corrected chi connectivity index (χ0v) is 13.2. The Morgan fingerprint density at radius 2 is 1.91 bits per heavy atom. The molecule has 2 fully saturated rings. The van der Waals surface area contributed by atoms with Crippen molar-refractivity contribution in [3.63, 3.8) is 0 Å². The average molecular weight is 295 g/mol. The molecule has 3 aliphatic rings. The molecule has 2 aliphatic heterocycles. The Balaban J connectivity index is 1.67. The summed E-state index contributed by atoms with van der Waals surface area (Å²) in [4.78, 5) is 14.8. The van der Waals surface area contributed by atoms with Crippen LogP contribution in [0.4, 0.5) is 0 Å². The third-order valence-electron chi connectivity index (χ3n) is 6.05. The summed E-state index contributed by atoms with van der Waals surface area (Å²) in [6, 6.07) is 11.4. The highest BCUT2D eigenvalue weighted by Gasteiger charge is 2.48. The van der Waals surface area contributed by atoms with Gasteiger partial charge in [0, 0.05) is 18.7 Å². The molecule has 0 amide bonds. The van der Waals surface area contributed by atoms with Crippen molar-refractivity contribution >= 4 is 5.78 Å². The lowest BCUT2D eigenvalue weighted by molar-refractivity contribution is -0.121. The summed E-state index contributed by atoms with van der Waals surface area (Å²) >= 11 is 0. The van der Waals surface area contributed by atoms with Gasteiger partial charge in [-0.2, -0.15) is 0 Å². The van der Waals surface area contributed by atoms with Crippen molar-refractivity contribution in [2.24, 2.45) is 5.92 Å². The predicted molar refractivity (Wildman–Crippen MR) is 88.5 cm³/mol. The molecule has 4 rings (SSSR count). The molecular formula is C20H25NO. The minimum Gasteiger partial charge on any atom is -0.368 e. The summed E-state index contributed by atoms with van der Waals surface area (Å²) in [5, 5.41) is 0. The molecule has 0 aromatic heterocycles. The van der Waals surface area contributed by atoms with E-state index in [2.05, 4.69) is 41.4 Å². The van der Waals surface area contributed by atoms with E-state index in [0.717, 1.165) is 12.3 Å². The first-order chi connectivity index (χ1) is 10.8. The number of allylic oxidation sites excluding steroid dienone is 1. The van der Waals surface area contributed by atoms with Crippen LogP contribution in [0.15, 0.2) is 42.6 Å². The number of carbonyl (C=O) groups excluding carboxylic acids is 1. The monoisotopic (exact) mass is 295 g/mol. The Morgan fingerprint density at radius 3 is 2.77 bits per heavy atom. The molecule has 0 radical (unpaired) electrons. The van der Waals surface area contributed by atoms with Gasteiger partial charge in [-0.1, -0.05) is 43.2 Å². The van der Waals surface area contributed by atoms with Crippen molar-refractivity contribution in [1.82, 2.24) is 4.90 Å². The molecule has 2 nitrogen and oxygen atoms in total. The lowest BCUT2D eigenvalue weighted by Crippen LogP contribution is -2.60. The molecule has 116 valence electrons. The van der Waals surface area contributed by atoms with Gasteiger partial charge in [-0.25, -0.2) is 0 Å². The van der Waals surface area contributed by atoms with Gasteiger partial charge in [-0.05, 0) is 49.7 Å². The van der Waals surface area contributed by atoms with Crippen molar-refractivity contribution in [1.29, 1.82) is 0 Å². The molecule has 1 saturated carbocycles. The maximum atomic E-state index is 12.2. The van der Waals surface area contributed by atoms with Gasteiger partial charge in [0.2, 0.25) is 0 Å². The minimum absolute atomic E-state index is 0.0334. The lowest BCUT2D eigenvalue weighted by Gasteiger charge is -2.57. The molecule has 2 heteroatoms. The second kappa shape index (κ2) is 5.57. The second-order valence-electron chi connectivity index (χ2n) is 7.40. The van der Waals surface area contributed by atoms with Crippen LogP contribution in [0.25, 0.3) is 0 Å². The van der Waals surface area contributed by atoms with Crippen LogP contribution >= 0.6 is 0 Å². The van der Waals surface area contributed by atoms with Crippen molar-refractivity contribution in [2.45, 2.75) is 62.9 Å². The fraction of sp³-hybridized carbons (Fsp3) is 0.550. The summed E-state index contributed by atoms with van der Waals surface area (Å²) in [6.07, 6.45) is 13.6. The fourth-order valence-corrected chi connectivity index (χ4v) is 5.04. The van der Waals surface area contributed by atoms with Crippen LogP contribution < -0.4 is 0 Å². The van der Waals surface area contributed by atoms with E-state index in [4.69, 9.17) is 0 Å². The molecule has 3 atom stereocenters. The number of rotatable bonds is 2. The van der Waals surface area contributed by atoms with Crippen molar-refractivity contribution in [3.8, 4) is 0 Å². The van der Waals surface area contributed by atoms with Gasteiger partial charge >= 0.3 is 0 Å². The summed E-state index contributed by atoms with van der Waals surface area (Å²) in [7, 11) is 0. The van der Waals surface area contributed by atoms with E-state index < -0.39 is 0 Å². The Morgan fingerprint density at radius 1 is 1.09 bits per heavy atom. The standard InChI is InChI=1S/C20H25NO/c22-18-11-13-21-19-9-5-4-8-17(19)10-12-20(21,15-18)14-16-6-2-1-3-7-16/h1-3,6-7,11,13,17,19H,4-5,8-10,12,14-15H2. The molecule has 1 aromatic rings. The molecule has 1 aliphatic carbocycles. The zero-order valence-electron chi connectivity index (χ0n) is 13.2. The van der Waals surface area contributed by atoms with E-state index in [9.17, 15) is 4.79 Å². The van der Waals surface area contributed by atoms with E-state index in [1.807, 2.05) is 6.08 Å². The van der Waals surface area contributed by atoms with Gasteiger partial charge in [0.15, 0.2) is 5.78 Å². The summed E-state index contributed by atoms with van der Waals surface area (Å²) < 4.78 is 0. The van der Waals surface area contributed by atoms with Gasteiger partial charge in [0.25, 0.3) is 0 Å².